The monoisotopic (exact) mass is 510 g/mol. The van der Waals surface area contributed by atoms with E-state index in [0.29, 0.717) is 21.5 Å². The van der Waals surface area contributed by atoms with E-state index in [-0.39, 0.29) is 14.9 Å². The summed E-state index contributed by atoms with van der Waals surface area (Å²) in [6.45, 7) is 0. The Morgan fingerprint density at radius 2 is 1.56 bits per heavy atom. The molecule has 5 rings (SSSR count). The molecule has 0 radical (unpaired) electrons. The van der Waals surface area contributed by atoms with Gasteiger partial charge in [-0.05, 0) is 30.3 Å². The van der Waals surface area contributed by atoms with Crippen LogP contribution in [0.2, 0.25) is 0 Å². The van der Waals surface area contributed by atoms with Gasteiger partial charge in [0.25, 0.3) is 10.0 Å². The summed E-state index contributed by atoms with van der Waals surface area (Å²) in [6.07, 6.45) is 2.59. The second-order valence-electron chi connectivity index (χ2n) is 7.51. The van der Waals surface area contributed by atoms with Crippen molar-refractivity contribution in [3.05, 3.63) is 85.1 Å². The molecule has 0 spiro atoms. The van der Waals surface area contributed by atoms with E-state index in [4.69, 9.17) is 0 Å². The first kappa shape index (κ1) is 22.3. The van der Waals surface area contributed by atoms with Crippen molar-refractivity contribution < 1.29 is 16.8 Å². The molecule has 8 nitrogen and oxygen atoms in total. The second kappa shape index (κ2) is 8.35. The third kappa shape index (κ3) is 4.32. The number of rotatable bonds is 6. The number of benzene rings is 3. The highest BCUT2D eigenvalue weighted by molar-refractivity contribution is 7.93. The Labute approximate surface area is 200 Å². The minimum absolute atomic E-state index is 0.00126. The van der Waals surface area contributed by atoms with Crippen molar-refractivity contribution >= 4 is 46.5 Å². The maximum Gasteiger partial charge on any atom is 0.267 e. The van der Waals surface area contributed by atoms with E-state index in [2.05, 4.69) is 14.8 Å². The van der Waals surface area contributed by atoms with E-state index in [0.717, 1.165) is 23.3 Å². The zero-order chi connectivity index (χ0) is 23.9. The maximum atomic E-state index is 13.4. The van der Waals surface area contributed by atoms with Gasteiger partial charge < -0.3 is 0 Å². The Balaban J connectivity index is 1.58. The minimum Gasteiger partial charge on any atom is -0.254 e. The molecule has 0 fully saturated rings. The SMILES string of the molecule is CS(=O)(=O)c1ccc2nc(NS(=O)(=O)c3cn(-c4ccccc4)nc3-c3ccccc3)sc2c1. The van der Waals surface area contributed by atoms with E-state index >= 15 is 0 Å². The molecule has 0 aliphatic carbocycles. The van der Waals surface area contributed by atoms with Crippen molar-refractivity contribution in [2.75, 3.05) is 11.0 Å². The third-order valence-electron chi connectivity index (χ3n) is 5.05. The fourth-order valence-corrected chi connectivity index (χ4v) is 6.42. The topological polar surface area (TPSA) is 111 Å². The smallest absolute Gasteiger partial charge is 0.254 e. The first-order valence-electron chi connectivity index (χ1n) is 10.0. The molecule has 2 aromatic heterocycles. The van der Waals surface area contributed by atoms with Gasteiger partial charge in [-0.2, -0.15) is 5.10 Å². The van der Waals surface area contributed by atoms with Crippen LogP contribution in [-0.2, 0) is 19.9 Å². The fourth-order valence-electron chi connectivity index (χ4n) is 3.41. The standard InChI is InChI=1S/C23H18N4O4S3/c1-33(28,29)18-12-13-19-20(14-18)32-23(24-19)26-34(30,31)21-15-27(17-10-6-3-7-11-17)25-22(21)16-8-4-2-5-9-16/h2-15H,1H3,(H,24,26). The van der Waals surface area contributed by atoms with Crippen LogP contribution in [0.4, 0.5) is 5.13 Å². The average Bonchev–Trinajstić information content (AvgIpc) is 3.43. The molecule has 34 heavy (non-hydrogen) atoms. The number of aromatic nitrogens is 3. The largest absolute Gasteiger partial charge is 0.267 e. The molecule has 5 aromatic rings. The lowest BCUT2D eigenvalue weighted by Crippen LogP contribution is -2.13. The number of nitrogens with zero attached hydrogens (tertiary/aromatic N) is 3. The Morgan fingerprint density at radius 1 is 0.882 bits per heavy atom. The summed E-state index contributed by atoms with van der Waals surface area (Å²) in [5.74, 6) is 0. The predicted octanol–water partition coefficient (Wildman–Crippen LogP) is 4.35. The number of nitrogens with one attached hydrogen (secondary N) is 1. The number of sulfonamides is 1. The minimum atomic E-state index is -4.07. The molecule has 172 valence electrons. The van der Waals surface area contributed by atoms with Gasteiger partial charge in [0.05, 0.1) is 27.0 Å². The van der Waals surface area contributed by atoms with Crippen molar-refractivity contribution in [1.82, 2.24) is 14.8 Å². The van der Waals surface area contributed by atoms with Crippen LogP contribution in [0, 0.1) is 0 Å². The number of para-hydroxylation sites is 1. The molecule has 0 aliphatic rings. The zero-order valence-electron chi connectivity index (χ0n) is 17.8. The van der Waals surface area contributed by atoms with Gasteiger partial charge in [-0.25, -0.2) is 26.5 Å². The highest BCUT2D eigenvalue weighted by Gasteiger charge is 2.25. The number of anilines is 1. The van der Waals surface area contributed by atoms with Gasteiger partial charge in [0.15, 0.2) is 15.0 Å². The van der Waals surface area contributed by atoms with Crippen LogP contribution in [0.3, 0.4) is 0 Å². The van der Waals surface area contributed by atoms with E-state index in [1.807, 2.05) is 48.5 Å². The van der Waals surface area contributed by atoms with Crippen LogP contribution in [0.1, 0.15) is 0 Å². The summed E-state index contributed by atoms with van der Waals surface area (Å²) < 4.78 is 55.2. The zero-order valence-corrected chi connectivity index (χ0v) is 20.2. The average molecular weight is 511 g/mol. The summed E-state index contributed by atoms with van der Waals surface area (Å²) in [6, 6.07) is 22.8. The molecule has 0 amide bonds. The lowest BCUT2D eigenvalue weighted by molar-refractivity contribution is 0.600. The van der Waals surface area contributed by atoms with Crippen molar-refractivity contribution in [2.45, 2.75) is 9.79 Å². The van der Waals surface area contributed by atoms with Crippen molar-refractivity contribution in [3.8, 4) is 16.9 Å². The van der Waals surface area contributed by atoms with Gasteiger partial charge in [-0.1, -0.05) is 59.9 Å². The molecule has 0 saturated carbocycles. The van der Waals surface area contributed by atoms with Crippen LogP contribution in [0.15, 0.2) is 94.9 Å². The highest BCUT2D eigenvalue weighted by atomic mass is 32.2. The predicted molar refractivity (Wildman–Crippen MR) is 133 cm³/mol. The molecule has 0 unspecified atom stereocenters. The van der Waals surface area contributed by atoms with Crippen LogP contribution in [0.5, 0.6) is 0 Å². The summed E-state index contributed by atoms with van der Waals surface area (Å²) in [7, 11) is -7.46. The number of fused-ring (bicyclic) bond motifs is 1. The molecular weight excluding hydrogens is 492 g/mol. The van der Waals surface area contributed by atoms with Gasteiger partial charge in [0.1, 0.15) is 10.6 Å². The summed E-state index contributed by atoms with van der Waals surface area (Å²) >= 11 is 1.06. The summed E-state index contributed by atoms with van der Waals surface area (Å²) in [5, 5.41) is 4.69. The second-order valence-corrected chi connectivity index (χ2v) is 12.2. The summed E-state index contributed by atoms with van der Waals surface area (Å²) in [4.78, 5) is 4.47. The number of hydrogen-bond acceptors (Lipinski definition) is 7. The first-order valence-corrected chi connectivity index (χ1v) is 14.2. The number of thiazole rings is 1. The molecule has 0 saturated heterocycles. The lowest BCUT2D eigenvalue weighted by Gasteiger charge is -2.05. The van der Waals surface area contributed by atoms with Gasteiger partial charge in [0.2, 0.25) is 0 Å². The van der Waals surface area contributed by atoms with Gasteiger partial charge >= 0.3 is 0 Å². The summed E-state index contributed by atoms with van der Waals surface area (Å²) in [5.41, 5.74) is 2.17. The van der Waals surface area contributed by atoms with E-state index < -0.39 is 19.9 Å². The molecule has 0 atom stereocenters. The van der Waals surface area contributed by atoms with Crippen LogP contribution < -0.4 is 4.72 Å². The van der Waals surface area contributed by atoms with Crippen LogP contribution in [0.25, 0.3) is 27.2 Å². The lowest BCUT2D eigenvalue weighted by atomic mass is 10.2. The van der Waals surface area contributed by atoms with Crippen molar-refractivity contribution in [1.29, 1.82) is 0 Å². The quantitative estimate of drug-likeness (QED) is 0.364. The number of hydrogen-bond donors (Lipinski definition) is 1. The van der Waals surface area contributed by atoms with E-state index in [1.54, 1.807) is 18.2 Å². The van der Waals surface area contributed by atoms with Crippen molar-refractivity contribution in [2.24, 2.45) is 0 Å². The van der Waals surface area contributed by atoms with Crippen molar-refractivity contribution in [3.63, 3.8) is 0 Å². The molecule has 11 heteroatoms. The normalized spacial score (nSPS) is 12.1. The Bertz CT molecular complexity index is 1710. The Hall–Kier alpha value is -3.54. The molecule has 0 bridgehead atoms. The third-order valence-corrected chi connectivity index (χ3v) is 8.56. The van der Waals surface area contributed by atoms with E-state index in [1.165, 1.54) is 23.0 Å². The molecular formula is C23H18N4O4S3. The first-order chi connectivity index (χ1) is 16.2. The Morgan fingerprint density at radius 3 is 2.24 bits per heavy atom. The van der Waals surface area contributed by atoms with Crippen LogP contribution in [-0.4, -0.2) is 37.9 Å². The highest BCUT2D eigenvalue weighted by Crippen LogP contribution is 2.32. The van der Waals surface area contributed by atoms with Gasteiger partial charge in [-0.3, -0.25) is 4.72 Å². The van der Waals surface area contributed by atoms with Gasteiger partial charge in [0, 0.05) is 11.8 Å². The molecule has 3 aromatic carbocycles. The molecule has 1 N–H and O–H groups in total. The fraction of sp³-hybridized carbons (Fsp3) is 0.0435. The van der Waals surface area contributed by atoms with Crippen LogP contribution >= 0.6 is 11.3 Å². The molecule has 2 heterocycles. The molecule has 0 aliphatic heterocycles. The van der Waals surface area contributed by atoms with Gasteiger partial charge in [-0.15, -0.1) is 0 Å². The Kier molecular flexibility index (Phi) is 5.47. The van der Waals surface area contributed by atoms with E-state index in [9.17, 15) is 16.8 Å². The maximum absolute atomic E-state index is 13.4. The number of sulfone groups is 1.